The quantitative estimate of drug-likeness (QED) is 0.760. The van der Waals surface area contributed by atoms with Gasteiger partial charge in [-0.25, -0.2) is 13.2 Å². The van der Waals surface area contributed by atoms with Crippen LogP contribution in [-0.2, 0) is 4.79 Å². The van der Waals surface area contributed by atoms with Crippen LogP contribution < -0.4 is 10.6 Å². The van der Waals surface area contributed by atoms with Gasteiger partial charge in [0.05, 0.1) is 0 Å². The van der Waals surface area contributed by atoms with E-state index >= 15 is 0 Å². The zero-order valence-corrected chi connectivity index (χ0v) is 12.5. The van der Waals surface area contributed by atoms with E-state index in [1.165, 1.54) is 0 Å². The minimum atomic E-state index is -1.47. The third-order valence-corrected chi connectivity index (χ3v) is 3.33. The van der Waals surface area contributed by atoms with Gasteiger partial charge in [-0.15, -0.1) is 0 Å². The molecule has 0 aliphatic rings. The smallest absolute Gasteiger partial charge is 0.221 e. The third kappa shape index (κ3) is 5.38. The molecule has 0 aromatic heterocycles. The standard InChI is InChI=1S/C15H21F3N2O/c1-4-9(2)20-14(21)5-6-19-10(3)11-7-12(16)15(18)13(17)8-11/h7-10,19H,4-6H2,1-3H3,(H,20,21). The Hall–Kier alpha value is -1.56. The Labute approximate surface area is 122 Å². The Morgan fingerprint density at radius 3 is 2.29 bits per heavy atom. The molecule has 6 heteroatoms. The van der Waals surface area contributed by atoms with Crippen molar-refractivity contribution in [3.05, 3.63) is 35.1 Å². The minimum absolute atomic E-state index is 0.0829. The Bertz CT molecular complexity index is 471. The van der Waals surface area contributed by atoms with Gasteiger partial charge in [-0.05, 0) is 38.0 Å². The molecule has 1 aromatic rings. The first kappa shape index (κ1) is 17.5. The van der Waals surface area contributed by atoms with E-state index < -0.39 is 17.5 Å². The Morgan fingerprint density at radius 2 is 1.76 bits per heavy atom. The first-order valence-corrected chi connectivity index (χ1v) is 7.02. The number of carbonyl (C=O) groups is 1. The summed E-state index contributed by atoms with van der Waals surface area (Å²) < 4.78 is 39.1. The summed E-state index contributed by atoms with van der Waals surface area (Å²) in [5, 5.41) is 5.80. The fourth-order valence-corrected chi connectivity index (χ4v) is 1.79. The van der Waals surface area contributed by atoms with Crippen LogP contribution in [0.25, 0.3) is 0 Å². The second-order valence-corrected chi connectivity index (χ2v) is 5.10. The van der Waals surface area contributed by atoms with Gasteiger partial charge in [0.2, 0.25) is 5.91 Å². The van der Waals surface area contributed by atoms with Crippen molar-refractivity contribution in [1.29, 1.82) is 0 Å². The Morgan fingerprint density at radius 1 is 1.19 bits per heavy atom. The molecule has 0 spiro atoms. The van der Waals surface area contributed by atoms with Crippen LogP contribution >= 0.6 is 0 Å². The molecule has 21 heavy (non-hydrogen) atoms. The average Bonchev–Trinajstić information content (AvgIpc) is 2.43. The summed E-state index contributed by atoms with van der Waals surface area (Å²) in [6.45, 7) is 5.95. The highest BCUT2D eigenvalue weighted by atomic mass is 19.2. The number of hydrogen-bond donors (Lipinski definition) is 2. The van der Waals surface area contributed by atoms with Gasteiger partial charge in [0, 0.05) is 25.0 Å². The summed E-state index contributed by atoms with van der Waals surface area (Å²) in [4.78, 5) is 11.6. The van der Waals surface area contributed by atoms with Crippen LogP contribution in [0.2, 0.25) is 0 Å². The van der Waals surface area contributed by atoms with Crippen molar-refractivity contribution in [1.82, 2.24) is 10.6 Å². The van der Waals surface area contributed by atoms with Gasteiger partial charge in [-0.1, -0.05) is 6.92 Å². The normalized spacial score (nSPS) is 13.8. The molecule has 1 aromatic carbocycles. The zero-order valence-electron chi connectivity index (χ0n) is 12.5. The molecule has 3 nitrogen and oxygen atoms in total. The van der Waals surface area contributed by atoms with Crippen molar-refractivity contribution >= 4 is 5.91 Å². The van der Waals surface area contributed by atoms with E-state index in [0.29, 0.717) is 12.1 Å². The Balaban J connectivity index is 2.47. The van der Waals surface area contributed by atoms with Crippen LogP contribution in [0.4, 0.5) is 13.2 Å². The second kappa shape index (κ2) is 8.02. The molecule has 2 atom stereocenters. The van der Waals surface area contributed by atoms with Gasteiger partial charge in [0.15, 0.2) is 17.5 Å². The summed E-state index contributed by atoms with van der Waals surface area (Å²) in [5.41, 5.74) is 0.300. The molecule has 2 unspecified atom stereocenters. The number of rotatable bonds is 7. The first-order chi connectivity index (χ1) is 9.85. The van der Waals surface area contributed by atoms with Crippen LogP contribution in [-0.4, -0.2) is 18.5 Å². The van der Waals surface area contributed by atoms with E-state index in [1.54, 1.807) is 6.92 Å². The molecule has 0 bridgehead atoms. The highest BCUT2D eigenvalue weighted by Crippen LogP contribution is 2.18. The van der Waals surface area contributed by atoms with Gasteiger partial charge >= 0.3 is 0 Å². The maximum absolute atomic E-state index is 13.1. The van der Waals surface area contributed by atoms with Crippen LogP contribution in [0, 0.1) is 17.5 Å². The van der Waals surface area contributed by atoms with Crippen LogP contribution in [0.3, 0.4) is 0 Å². The monoisotopic (exact) mass is 302 g/mol. The molecule has 2 N–H and O–H groups in total. The van der Waals surface area contributed by atoms with Crippen molar-refractivity contribution in [2.45, 2.75) is 45.7 Å². The lowest BCUT2D eigenvalue weighted by Crippen LogP contribution is -2.34. The molecule has 0 aliphatic heterocycles. The molecular weight excluding hydrogens is 281 g/mol. The predicted molar refractivity (Wildman–Crippen MR) is 75.2 cm³/mol. The van der Waals surface area contributed by atoms with E-state index in [2.05, 4.69) is 10.6 Å². The molecule has 0 fully saturated rings. The maximum Gasteiger partial charge on any atom is 0.221 e. The largest absolute Gasteiger partial charge is 0.354 e. The van der Waals surface area contributed by atoms with Gasteiger partial charge < -0.3 is 10.6 Å². The summed E-state index contributed by atoms with van der Waals surface area (Å²) in [5.74, 6) is -3.99. The molecular formula is C15H21F3N2O. The van der Waals surface area contributed by atoms with E-state index in [-0.39, 0.29) is 24.4 Å². The molecule has 0 heterocycles. The average molecular weight is 302 g/mol. The van der Waals surface area contributed by atoms with E-state index in [9.17, 15) is 18.0 Å². The molecule has 0 saturated heterocycles. The van der Waals surface area contributed by atoms with Gasteiger partial charge in [-0.3, -0.25) is 4.79 Å². The van der Waals surface area contributed by atoms with Crippen molar-refractivity contribution in [2.75, 3.05) is 6.54 Å². The third-order valence-electron chi connectivity index (χ3n) is 3.33. The van der Waals surface area contributed by atoms with Crippen molar-refractivity contribution < 1.29 is 18.0 Å². The fraction of sp³-hybridized carbons (Fsp3) is 0.533. The number of nitrogens with one attached hydrogen (secondary N) is 2. The van der Waals surface area contributed by atoms with Crippen LogP contribution in [0.1, 0.15) is 45.2 Å². The number of hydrogen-bond acceptors (Lipinski definition) is 2. The lowest BCUT2D eigenvalue weighted by atomic mass is 10.1. The van der Waals surface area contributed by atoms with Crippen molar-refractivity contribution in [3.63, 3.8) is 0 Å². The second-order valence-electron chi connectivity index (χ2n) is 5.10. The summed E-state index contributed by atoms with van der Waals surface area (Å²) in [6, 6.07) is 1.64. The number of halogens is 3. The summed E-state index contributed by atoms with van der Waals surface area (Å²) in [7, 11) is 0. The highest BCUT2D eigenvalue weighted by Gasteiger charge is 2.14. The molecule has 0 radical (unpaired) electrons. The van der Waals surface area contributed by atoms with Gasteiger partial charge in [0.25, 0.3) is 0 Å². The molecule has 118 valence electrons. The molecule has 1 rings (SSSR count). The number of benzene rings is 1. The fourth-order valence-electron chi connectivity index (χ4n) is 1.79. The minimum Gasteiger partial charge on any atom is -0.354 e. The molecule has 0 saturated carbocycles. The SMILES string of the molecule is CCC(C)NC(=O)CCNC(C)c1cc(F)c(F)c(F)c1. The van der Waals surface area contributed by atoms with E-state index in [1.807, 2.05) is 13.8 Å². The first-order valence-electron chi connectivity index (χ1n) is 7.02. The lowest BCUT2D eigenvalue weighted by molar-refractivity contribution is -0.121. The summed E-state index contributed by atoms with van der Waals surface area (Å²) >= 11 is 0. The molecule has 1 amide bonds. The van der Waals surface area contributed by atoms with Crippen molar-refractivity contribution in [3.8, 4) is 0 Å². The van der Waals surface area contributed by atoms with Crippen molar-refractivity contribution in [2.24, 2.45) is 0 Å². The molecule has 0 aliphatic carbocycles. The topological polar surface area (TPSA) is 41.1 Å². The van der Waals surface area contributed by atoms with E-state index in [0.717, 1.165) is 18.6 Å². The van der Waals surface area contributed by atoms with Crippen LogP contribution in [0.15, 0.2) is 12.1 Å². The maximum atomic E-state index is 13.1. The summed E-state index contributed by atoms with van der Waals surface area (Å²) in [6.07, 6.45) is 1.12. The van der Waals surface area contributed by atoms with E-state index in [4.69, 9.17) is 0 Å². The Kier molecular flexibility index (Phi) is 6.68. The lowest BCUT2D eigenvalue weighted by Gasteiger charge is -2.16. The number of amides is 1. The predicted octanol–water partition coefficient (Wildman–Crippen LogP) is 3.06. The van der Waals surface area contributed by atoms with Crippen LogP contribution in [0.5, 0.6) is 0 Å². The highest BCUT2D eigenvalue weighted by molar-refractivity contribution is 5.76. The van der Waals surface area contributed by atoms with Gasteiger partial charge in [0.1, 0.15) is 0 Å². The van der Waals surface area contributed by atoms with Gasteiger partial charge in [-0.2, -0.15) is 0 Å². The number of carbonyl (C=O) groups excluding carboxylic acids is 1. The zero-order chi connectivity index (χ0) is 16.0.